The van der Waals surface area contributed by atoms with Crippen LogP contribution in [0.4, 0.5) is 0 Å². The molecule has 24 heavy (non-hydrogen) atoms. The maximum atomic E-state index is 12.7. The van der Waals surface area contributed by atoms with E-state index in [1.807, 2.05) is 35.2 Å². The number of carbonyl (C=O) groups excluding carboxylic acids is 1. The standard InChI is InChI=1S/C18H17N3OS2/c22-17(12-23-18-20-14-4-1-2-6-16(14)24-18)21-11-3-5-15(21)13-7-9-19-10-8-13/h1-2,4,6-10,15H,3,5,11-12H2/t15-/m1/s1. The zero-order valence-electron chi connectivity index (χ0n) is 13.1. The first kappa shape index (κ1) is 15.6. The quantitative estimate of drug-likeness (QED) is 0.660. The number of benzene rings is 1. The van der Waals surface area contributed by atoms with Gasteiger partial charge in [0.15, 0.2) is 4.34 Å². The molecule has 3 heterocycles. The minimum Gasteiger partial charge on any atom is -0.335 e. The highest BCUT2D eigenvalue weighted by atomic mass is 32.2. The molecule has 0 bridgehead atoms. The second kappa shape index (κ2) is 6.91. The Morgan fingerprint density at radius 2 is 2.08 bits per heavy atom. The van der Waals surface area contributed by atoms with Gasteiger partial charge in [0.25, 0.3) is 0 Å². The lowest BCUT2D eigenvalue weighted by Crippen LogP contribution is -2.31. The molecule has 1 atom stereocenters. The molecule has 1 aromatic carbocycles. The summed E-state index contributed by atoms with van der Waals surface area (Å²) in [6, 6.07) is 12.3. The van der Waals surface area contributed by atoms with Gasteiger partial charge in [0.05, 0.1) is 22.0 Å². The summed E-state index contributed by atoms with van der Waals surface area (Å²) < 4.78 is 2.13. The molecule has 3 aromatic rings. The molecular weight excluding hydrogens is 338 g/mol. The van der Waals surface area contributed by atoms with Crippen LogP contribution in [0.3, 0.4) is 0 Å². The molecule has 6 heteroatoms. The van der Waals surface area contributed by atoms with Gasteiger partial charge in [-0.1, -0.05) is 23.9 Å². The highest BCUT2D eigenvalue weighted by molar-refractivity contribution is 8.01. The van der Waals surface area contributed by atoms with Gasteiger partial charge in [-0.3, -0.25) is 9.78 Å². The maximum absolute atomic E-state index is 12.7. The lowest BCUT2D eigenvalue weighted by atomic mass is 10.1. The van der Waals surface area contributed by atoms with Crippen molar-refractivity contribution in [3.8, 4) is 0 Å². The first-order valence-electron chi connectivity index (χ1n) is 7.99. The molecule has 0 spiro atoms. The number of amides is 1. The second-order valence-electron chi connectivity index (χ2n) is 5.76. The van der Waals surface area contributed by atoms with E-state index in [0.29, 0.717) is 5.75 Å². The number of hydrogen-bond acceptors (Lipinski definition) is 5. The zero-order valence-corrected chi connectivity index (χ0v) is 14.7. The highest BCUT2D eigenvalue weighted by Crippen LogP contribution is 2.34. The van der Waals surface area contributed by atoms with Crippen LogP contribution in [0.2, 0.25) is 0 Å². The van der Waals surface area contributed by atoms with Crippen LogP contribution in [-0.2, 0) is 4.79 Å². The third-order valence-electron chi connectivity index (χ3n) is 4.26. The average Bonchev–Trinajstić information content (AvgIpc) is 3.27. The van der Waals surface area contributed by atoms with Crippen LogP contribution >= 0.6 is 23.1 Å². The fourth-order valence-corrected chi connectivity index (χ4v) is 5.07. The molecule has 1 fully saturated rings. The number of hydrogen-bond donors (Lipinski definition) is 0. The Hall–Kier alpha value is -1.92. The van der Waals surface area contributed by atoms with Gasteiger partial charge in [0.1, 0.15) is 0 Å². The Morgan fingerprint density at radius 1 is 1.25 bits per heavy atom. The fraction of sp³-hybridized carbons (Fsp3) is 0.278. The van der Waals surface area contributed by atoms with Crippen molar-refractivity contribution in [2.45, 2.75) is 23.2 Å². The molecule has 1 amide bonds. The van der Waals surface area contributed by atoms with Crippen LogP contribution in [0.15, 0.2) is 53.1 Å². The summed E-state index contributed by atoms with van der Waals surface area (Å²) in [5, 5.41) is 0. The largest absolute Gasteiger partial charge is 0.335 e. The van der Waals surface area contributed by atoms with E-state index in [2.05, 4.69) is 16.0 Å². The smallest absolute Gasteiger partial charge is 0.233 e. The van der Waals surface area contributed by atoms with Crippen molar-refractivity contribution in [2.24, 2.45) is 0 Å². The van der Waals surface area contributed by atoms with Crippen LogP contribution in [0.1, 0.15) is 24.4 Å². The minimum atomic E-state index is 0.191. The predicted octanol–water partition coefficient (Wildman–Crippen LogP) is 4.15. The van der Waals surface area contributed by atoms with Gasteiger partial charge in [-0.05, 0) is 42.7 Å². The van der Waals surface area contributed by atoms with Crippen molar-refractivity contribution >= 4 is 39.2 Å². The van der Waals surface area contributed by atoms with Crippen LogP contribution < -0.4 is 0 Å². The number of para-hydroxylation sites is 1. The van der Waals surface area contributed by atoms with Gasteiger partial charge in [-0.2, -0.15) is 0 Å². The molecule has 0 aliphatic carbocycles. The topological polar surface area (TPSA) is 46.1 Å². The first-order chi connectivity index (χ1) is 11.8. The van der Waals surface area contributed by atoms with E-state index in [9.17, 15) is 4.79 Å². The Morgan fingerprint density at radius 3 is 2.92 bits per heavy atom. The molecule has 4 nitrogen and oxygen atoms in total. The summed E-state index contributed by atoms with van der Waals surface area (Å²) in [7, 11) is 0. The Kier molecular flexibility index (Phi) is 4.49. The summed E-state index contributed by atoms with van der Waals surface area (Å²) in [4.78, 5) is 23.4. The summed E-state index contributed by atoms with van der Waals surface area (Å²) in [5.74, 6) is 0.639. The summed E-state index contributed by atoms with van der Waals surface area (Å²) in [5.41, 5.74) is 2.19. The van der Waals surface area contributed by atoms with Crippen LogP contribution in [0.25, 0.3) is 10.2 Å². The first-order valence-corrected chi connectivity index (χ1v) is 9.79. The summed E-state index contributed by atoms with van der Waals surface area (Å²) in [6.45, 7) is 0.840. The SMILES string of the molecule is O=C(CSc1nc2ccccc2s1)N1CCC[C@@H]1c1ccncc1. The summed E-state index contributed by atoms with van der Waals surface area (Å²) in [6.07, 6.45) is 5.68. The molecule has 0 saturated carbocycles. The van der Waals surface area contributed by atoms with Gasteiger partial charge in [-0.15, -0.1) is 11.3 Å². The Labute approximate surface area is 148 Å². The van der Waals surface area contributed by atoms with E-state index in [-0.39, 0.29) is 11.9 Å². The number of pyridine rings is 1. The maximum Gasteiger partial charge on any atom is 0.233 e. The monoisotopic (exact) mass is 355 g/mol. The van der Waals surface area contributed by atoms with Gasteiger partial charge in [0, 0.05) is 18.9 Å². The molecule has 0 unspecified atom stereocenters. The number of fused-ring (bicyclic) bond motifs is 1. The number of carbonyl (C=O) groups is 1. The summed E-state index contributed by atoms with van der Waals surface area (Å²) >= 11 is 3.19. The van der Waals surface area contributed by atoms with Crippen molar-refractivity contribution in [2.75, 3.05) is 12.3 Å². The molecule has 0 radical (unpaired) electrons. The molecular formula is C18H17N3OS2. The van der Waals surface area contributed by atoms with E-state index in [1.165, 1.54) is 10.3 Å². The molecule has 1 aliphatic heterocycles. The number of nitrogens with zero attached hydrogens (tertiary/aromatic N) is 3. The van der Waals surface area contributed by atoms with Gasteiger partial charge in [-0.25, -0.2) is 4.98 Å². The van der Waals surface area contributed by atoms with Crippen molar-refractivity contribution < 1.29 is 4.79 Å². The number of aromatic nitrogens is 2. The van der Waals surface area contributed by atoms with Crippen molar-refractivity contribution in [1.29, 1.82) is 0 Å². The van der Waals surface area contributed by atoms with E-state index < -0.39 is 0 Å². The van der Waals surface area contributed by atoms with Crippen molar-refractivity contribution in [3.05, 3.63) is 54.4 Å². The van der Waals surface area contributed by atoms with E-state index >= 15 is 0 Å². The third-order valence-corrected chi connectivity index (χ3v) is 6.42. The van der Waals surface area contributed by atoms with Crippen LogP contribution in [0, 0.1) is 0 Å². The molecule has 1 saturated heterocycles. The number of thiazole rings is 1. The molecule has 0 N–H and O–H groups in total. The Bertz CT molecular complexity index is 817. The predicted molar refractivity (Wildman–Crippen MR) is 98.3 cm³/mol. The van der Waals surface area contributed by atoms with Gasteiger partial charge >= 0.3 is 0 Å². The molecule has 2 aromatic heterocycles. The van der Waals surface area contributed by atoms with Crippen molar-refractivity contribution in [1.82, 2.24) is 14.9 Å². The van der Waals surface area contributed by atoms with E-state index in [0.717, 1.165) is 29.2 Å². The molecule has 1 aliphatic rings. The third kappa shape index (κ3) is 3.16. The van der Waals surface area contributed by atoms with E-state index in [1.54, 1.807) is 35.5 Å². The van der Waals surface area contributed by atoms with Crippen LogP contribution in [-0.4, -0.2) is 33.1 Å². The fourth-order valence-electron chi connectivity index (χ4n) is 3.12. The highest BCUT2D eigenvalue weighted by Gasteiger charge is 2.29. The molecule has 4 rings (SSSR count). The van der Waals surface area contributed by atoms with Gasteiger partial charge in [0.2, 0.25) is 5.91 Å². The van der Waals surface area contributed by atoms with Crippen LogP contribution in [0.5, 0.6) is 0 Å². The number of thioether (sulfide) groups is 1. The minimum absolute atomic E-state index is 0.191. The zero-order chi connectivity index (χ0) is 16.4. The Balaban J connectivity index is 1.43. The lowest BCUT2D eigenvalue weighted by molar-refractivity contribution is -0.129. The second-order valence-corrected chi connectivity index (χ2v) is 8.01. The normalized spacial score (nSPS) is 17.5. The lowest BCUT2D eigenvalue weighted by Gasteiger charge is -2.24. The van der Waals surface area contributed by atoms with Crippen molar-refractivity contribution in [3.63, 3.8) is 0 Å². The average molecular weight is 355 g/mol. The molecule has 122 valence electrons. The van der Waals surface area contributed by atoms with Gasteiger partial charge < -0.3 is 4.90 Å². The van der Waals surface area contributed by atoms with E-state index in [4.69, 9.17) is 0 Å². The number of likely N-dealkylation sites (tertiary alicyclic amines) is 1. The number of rotatable bonds is 4.